The summed E-state index contributed by atoms with van der Waals surface area (Å²) in [4.78, 5) is 11.6. The molecule has 0 saturated carbocycles. The number of benzene rings is 1. The number of halogens is 1. The van der Waals surface area contributed by atoms with Crippen molar-refractivity contribution in [2.75, 3.05) is 7.11 Å². The molecular weight excluding hydrogens is 306 g/mol. The van der Waals surface area contributed by atoms with E-state index < -0.39 is 18.1 Å². The van der Waals surface area contributed by atoms with Gasteiger partial charge in [-0.2, -0.15) is 0 Å². The summed E-state index contributed by atoms with van der Waals surface area (Å²) in [5, 5.41) is 0.512. The highest BCUT2D eigenvalue weighted by atomic mass is 35.5. The summed E-state index contributed by atoms with van der Waals surface area (Å²) in [6, 6.07) is 4.52. The summed E-state index contributed by atoms with van der Waals surface area (Å²) in [6.07, 6.45) is 0.979. The van der Waals surface area contributed by atoms with Crippen molar-refractivity contribution in [2.24, 2.45) is 5.73 Å². The van der Waals surface area contributed by atoms with Crippen molar-refractivity contribution >= 4 is 17.6 Å². The first kappa shape index (κ1) is 18.6. The van der Waals surface area contributed by atoms with Gasteiger partial charge in [0.2, 0.25) is 0 Å². The molecule has 1 aromatic rings. The molecule has 3 atom stereocenters. The average molecular weight is 330 g/mol. The second kappa shape index (κ2) is 8.86. The summed E-state index contributed by atoms with van der Waals surface area (Å²) in [6.45, 7) is 5.43. The van der Waals surface area contributed by atoms with Gasteiger partial charge >= 0.3 is 5.97 Å². The Bertz CT molecular complexity index is 493. The van der Waals surface area contributed by atoms with Gasteiger partial charge in [-0.1, -0.05) is 24.9 Å². The number of hydrogen-bond donors (Lipinski definition) is 1. The Labute approximate surface area is 136 Å². The van der Waals surface area contributed by atoms with Crippen LogP contribution in [0.25, 0.3) is 0 Å². The van der Waals surface area contributed by atoms with Gasteiger partial charge in [0.05, 0.1) is 12.1 Å². The third-order valence-electron chi connectivity index (χ3n) is 3.18. The first-order valence-corrected chi connectivity index (χ1v) is 7.73. The standard InChI is InChI=1S/C16H24ClNO4/c1-5-6-14(11(3)21-16(19)10(2)18)22-12-7-8-13(17)15(9-12)20-4/h7-11,14H,5-6,18H2,1-4H3/t10-,11-,14+/m0/s1. The molecule has 124 valence electrons. The van der Waals surface area contributed by atoms with Crippen LogP contribution in [0.5, 0.6) is 11.5 Å². The second-order valence-electron chi connectivity index (χ2n) is 5.17. The number of rotatable bonds is 8. The highest BCUT2D eigenvalue weighted by Gasteiger charge is 2.24. The number of nitrogens with two attached hydrogens (primary N) is 1. The van der Waals surface area contributed by atoms with E-state index in [1.807, 2.05) is 6.92 Å². The largest absolute Gasteiger partial charge is 0.495 e. The van der Waals surface area contributed by atoms with Crippen molar-refractivity contribution in [1.82, 2.24) is 0 Å². The second-order valence-corrected chi connectivity index (χ2v) is 5.58. The van der Waals surface area contributed by atoms with Crippen molar-refractivity contribution in [3.63, 3.8) is 0 Å². The fraction of sp³-hybridized carbons (Fsp3) is 0.562. The van der Waals surface area contributed by atoms with E-state index in [0.29, 0.717) is 16.5 Å². The predicted octanol–water partition coefficient (Wildman–Crippen LogP) is 3.18. The van der Waals surface area contributed by atoms with E-state index in [9.17, 15) is 4.79 Å². The third-order valence-corrected chi connectivity index (χ3v) is 3.49. The molecule has 0 aliphatic carbocycles. The van der Waals surface area contributed by atoms with Gasteiger partial charge < -0.3 is 19.9 Å². The molecule has 1 rings (SSSR count). The molecule has 22 heavy (non-hydrogen) atoms. The van der Waals surface area contributed by atoms with Gasteiger partial charge in [0.1, 0.15) is 29.7 Å². The first-order valence-electron chi connectivity index (χ1n) is 7.35. The molecule has 0 aliphatic rings. The number of methoxy groups -OCH3 is 1. The zero-order chi connectivity index (χ0) is 16.7. The van der Waals surface area contributed by atoms with E-state index in [-0.39, 0.29) is 6.10 Å². The zero-order valence-electron chi connectivity index (χ0n) is 13.5. The summed E-state index contributed by atoms with van der Waals surface area (Å²) >= 11 is 6.00. The minimum Gasteiger partial charge on any atom is -0.495 e. The lowest BCUT2D eigenvalue weighted by atomic mass is 10.1. The fourth-order valence-corrected chi connectivity index (χ4v) is 2.12. The number of hydrogen-bond acceptors (Lipinski definition) is 5. The summed E-state index contributed by atoms with van der Waals surface area (Å²) in [7, 11) is 1.54. The number of esters is 1. The monoisotopic (exact) mass is 329 g/mol. The molecule has 0 spiro atoms. The summed E-state index contributed by atoms with van der Waals surface area (Å²) < 4.78 is 16.4. The fourth-order valence-electron chi connectivity index (χ4n) is 1.93. The lowest BCUT2D eigenvalue weighted by Gasteiger charge is -2.25. The summed E-state index contributed by atoms with van der Waals surface area (Å²) in [5.74, 6) is 0.712. The molecule has 0 bridgehead atoms. The first-order chi connectivity index (χ1) is 10.4. The van der Waals surface area contributed by atoms with Gasteiger partial charge in [0.25, 0.3) is 0 Å². The SMILES string of the molecule is CCC[C@@H](Oc1ccc(Cl)c(OC)c1)[C@H](C)OC(=O)[C@H](C)N. The Balaban J connectivity index is 2.80. The van der Waals surface area contributed by atoms with E-state index in [1.54, 1.807) is 39.2 Å². The maximum Gasteiger partial charge on any atom is 0.323 e. The van der Waals surface area contributed by atoms with Crippen molar-refractivity contribution in [3.8, 4) is 11.5 Å². The minimum absolute atomic E-state index is 0.265. The molecule has 0 radical (unpaired) electrons. The van der Waals surface area contributed by atoms with Crippen LogP contribution in [0.15, 0.2) is 18.2 Å². The van der Waals surface area contributed by atoms with E-state index >= 15 is 0 Å². The van der Waals surface area contributed by atoms with E-state index in [2.05, 4.69) is 0 Å². The molecule has 0 fully saturated rings. The van der Waals surface area contributed by atoms with Crippen molar-refractivity contribution < 1.29 is 19.0 Å². The molecule has 0 saturated heterocycles. The maximum absolute atomic E-state index is 11.6. The molecule has 0 aromatic heterocycles. The molecule has 0 heterocycles. The smallest absolute Gasteiger partial charge is 0.323 e. The van der Waals surface area contributed by atoms with Crippen LogP contribution in [-0.2, 0) is 9.53 Å². The van der Waals surface area contributed by atoms with Crippen LogP contribution in [0.1, 0.15) is 33.6 Å². The average Bonchev–Trinajstić information content (AvgIpc) is 2.48. The Hall–Kier alpha value is -1.46. The van der Waals surface area contributed by atoms with Crippen LogP contribution in [0, 0.1) is 0 Å². The van der Waals surface area contributed by atoms with Gasteiger partial charge in [-0.05, 0) is 32.4 Å². The molecule has 0 unspecified atom stereocenters. The van der Waals surface area contributed by atoms with E-state index in [1.165, 1.54) is 0 Å². The minimum atomic E-state index is -0.652. The van der Waals surface area contributed by atoms with Crippen molar-refractivity contribution in [2.45, 2.75) is 51.9 Å². The normalized spacial score (nSPS) is 14.8. The van der Waals surface area contributed by atoms with Crippen LogP contribution in [0.4, 0.5) is 0 Å². The van der Waals surface area contributed by atoms with Gasteiger partial charge in [-0.25, -0.2) is 0 Å². The third kappa shape index (κ3) is 5.39. The predicted molar refractivity (Wildman–Crippen MR) is 86.5 cm³/mol. The highest BCUT2D eigenvalue weighted by molar-refractivity contribution is 6.32. The Morgan fingerprint density at radius 3 is 2.59 bits per heavy atom. The molecule has 1 aromatic carbocycles. The van der Waals surface area contributed by atoms with Crippen molar-refractivity contribution in [3.05, 3.63) is 23.2 Å². The van der Waals surface area contributed by atoms with Crippen LogP contribution in [0.2, 0.25) is 5.02 Å². The molecule has 0 aliphatic heterocycles. The van der Waals surface area contributed by atoms with Crippen LogP contribution >= 0.6 is 11.6 Å². The van der Waals surface area contributed by atoms with Gasteiger partial charge in [0, 0.05) is 6.07 Å². The molecular formula is C16H24ClNO4. The molecule has 6 heteroatoms. The van der Waals surface area contributed by atoms with E-state index in [4.69, 9.17) is 31.5 Å². The van der Waals surface area contributed by atoms with Crippen LogP contribution in [0.3, 0.4) is 0 Å². The van der Waals surface area contributed by atoms with Crippen molar-refractivity contribution in [1.29, 1.82) is 0 Å². The lowest BCUT2D eigenvalue weighted by molar-refractivity contribution is -0.154. The molecule has 2 N–H and O–H groups in total. The number of carbonyl (C=O) groups excluding carboxylic acids is 1. The molecule has 0 amide bonds. The van der Waals surface area contributed by atoms with Crippen LogP contribution in [-0.4, -0.2) is 31.3 Å². The van der Waals surface area contributed by atoms with Crippen LogP contribution < -0.4 is 15.2 Å². The van der Waals surface area contributed by atoms with E-state index in [0.717, 1.165) is 12.8 Å². The lowest BCUT2D eigenvalue weighted by Crippen LogP contribution is -2.38. The zero-order valence-corrected chi connectivity index (χ0v) is 14.2. The number of carbonyl (C=O) groups is 1. The van der Waals surface area contributed by atoms with Gasteiger partial charge in [-0.15, -0.1) is 0 Å². The highest BCUT2D eigenvalue weighted by Crippen LogP contribution is 2.30. The number of ether oxygens (including phenoxy) is 3. The maximum atomic E-state index is 11.6. The quantitative estimate of drug-likeness (QED) is 0.742. The Kier molecular flexibility index (Phi) is 7.48. The molecule has 5 nitrogen and oxygen atoms in total. The summed E-state index contributed by atoms with van der Waals surface area (Å²) in [5.41, 5.74) is 5.52. The topological polar surface area (TPSA) is 70.8 Å². The Morgan fingerprint density at radius 1 is 1.36 bits per heavy atom. The van der Waals surface area contributed by atoms with Gasteiger partial charge in [0.15, 0.2) is 0 Å². The van der Waals surface area contributed by atoms with Gasteiger partial charge in [-0.3, -0.25) is 4.79 Å². The Morgan fingerprint density at radius 2 is 2.05 bits per heavy atom.